The van der Waals surface area contributed by atoms with E-state index in [0.717, 1.165) is 32.4 Å². The van der Waals surface area contributed by atoms with Crippen molar-refractivity contribution in [3.05, 3.63) is 28.8 Å². The lowest BCUT2D eigenvalue weighted by atomic mass is 9.76. The molecule has 7 heteroatoms. The summed E-state index contributed by atoms with van der Waals surface area (Å²) in [5.74, 6) is -0.880. The van der Waals surface area contributed by atoms with Gasteiger partial charge in [-0.15, -0.1) is 0 Å². The minimum atomic E-state index is -0.743. The number of piperidine rings is 1. The second-order valence-corrected chi connectivity index (χ2v) is 7.89. The highest BCUT2D eigenvalue weighted by molar-refractivity contribution is 6.32. The van der Waals surface area contributed by atoms with Crippen LogP contribution in [-0.4, -0.2) is 64.1 Å². The molecule has 2 N–H and O–H groups in total. The van der Waals surface area contributed by atoms with Crippen LogP contribution in [0.5, 0.6) is 5.75 Å². The van der Waals surface area contributed by atoms with E-state index in [1.54, 1.807) is 11.0 Å². The molecule has 0 bridgehead atoms. The molecule has 1 aromatic rings. The first-order chi connectivity index (χ1) is 12.3. The van der Waals surface area contributed by atoms with Gasteiger partial charge >= 0.3 is 5.97 Å². The zero-order chi connectivity index (χ0) is 18.9. The van der Waals surface area contributed by atoms with Gasteiger partial charge in [-0.05, 0) is 55.8 Å². The summed E-state index contributed by atoms with van der Waals surface area (Å²) in [4.78, 5) is 28.2. The summed E-state index contributed by atoms with van der Waals surface area (Å²) >= 11 is 5.90. The number of rotatable bonds is 4. The van der Waals surface area contributed by atoms with Crippen molar-refractivity contribution in [2.24, 2.45) is 5.41 Å². The van der Waals surface area contributed by atoms with Gasteiger partial charge in [0.05, 0.1) is 5.02 Å². The van der Waals surface area contributed by atoms with Gasteiger partial charge in [-0.2, -0.15) is 0 Å². The first kappa shape index (κ1) is 19.0. The fraction of sp³-hybridized carbons (Fsp3) is 0.579. The number of amides is 1. The maximum absolute atomic E-state index is 12.7. The van der Waals surface area contributed by atoms with Crippen LogP contribution in [0.1, 0.15) is 43.0 Å². The van der Waals surface area contributed by atoms with E-state index in [1.165, 1.54) is 12.1 Å². The minimum absolute atomic E-state index is 0.0123. The standard InChI is InChI=1S/C19H25ClN2O4/c1-2-7-22-12-19(11-15(22)18(25)26)5-8-21(9-6-19)17(24)13-3-4-16(23)14(20)10-13/h3-4,10,15,23H,2,5-9,11-12H2,1H3,(H,25,26). The van der Waals surface area contributed by atoms with Crippen molar-refractivity contribution < 1.29 is 19.8 Å². The van der Waals surface area contributed by atoms with Crippen LogP contribution < -0.4 is 0 Å². The van der Waals surface area contributed by atoms with E-state index in [4.69, 9.17) is 11.6 Å². The average Bonchev–Trinajstić information content (AvgIpc) is 2.96. The molecular formula is C19H25ClN2O4. The molecule has 0 aromatic heterocycles. The normalized spacial score (nSPS) is 22.7. The maximum Gasteiger partial charge on any atom is 0.320 e. The molecule has 2 aliphatic rings. The number of halogens is 1. The average molecular weight is 381 g/mol. The summed E-state index contributed by atoms with van der Waals surface area (Å²) in [6, 6.07) is 4.08. The van der Waals surface area contributed by atoms with Crippen molar-refractivity contribution in [2.45, 2.75) is 38.6 Å². The number of carbonyl (C=O) groups is 2. The van der Waals surface area contributed by atoms with Crippen LogP contribution in [0.3, 0.4) is 0 Å². The Morgan fingerprint density at radius 1 is 1.31 bits per heavy atom. The molecule has 2 heterocycles. The molecule has 2 saturated heterocycles. The van der Waals surface area contributed by atoms with Gasteiger partial charge in [0.15, 0.2) is 0 Å². The lowest BCUT2D eigenvalue weighted by molar-refractivity contribution is -0.142. The summed E-state index contributed by atoms with van der Waals surface area (Å²) in [6.45, 7) is 4.89. The summed E-state index contributed by atoms with van der Waals surface area (Å²) < 4.78 is 0. The molecule has 0 aliphatic carbocycles. The van der Waals surface area contributed by atoms with E-state index >= 15 is 0 Å². The highest BCUT2D eigenvalue weighted by Crippen LogP contribution is 2.43. The van der Waals surface area contributed by atoms with E-state index in [2.05, 4.69) is 11.8 Å². The largest absolute Gasteiger partial charge is 0.506 e. The van der Waals surface area contributed by atoms with Crippen LogP contribution in [0.25, 0.3) is 0 Å². The number of nitrogens with zero attached hydrogens (tertiary/aromatic N) is 2. The summed E-state index contributed by atoms with van der Waals surface area (Å²) in [7, 11) is 0. The highest BCUT2D eigenvalue weighted by Gasteiger charge is 2.48. The van der Waals surface area contributed by atoms with Gasteiger partial charge in [-0.3, -0.25) is 14.5 Å². The van der Waals surface area contributed by atoms with E-state index in [0.29, 0.717) is 25.1 Å². The molecule has 0 radical (unpaired) electrons. The molecule has 142 valence electrons. The van der Waals surface area contributed by atoms with Crippen molar-refractivity contribution in [1.29, 1.82) is 0 Å². The third-order valence-electron chi connectivity index (χ3n) is 5.71. The number of phenolic OH excluding ortho intramolecular Hbond substituents is 1. The van der Waals surface area contributed by atoms with Crippen LogP contribution in [0.2, 0.25) is 5.02 Å². The molecule has 1 unspecified atom stereocenters. The third kappa shape index (κ3) is 3.67. The number of carbonyl (C=O) groups excluding carboxylic acids is 1. The van der Waals surface area contributed by atoms with Crippen molar-refractivity contribution >= 4 is 23.5 Å². The van der Waals surface area contributed by atoms with Gasteiger partial charge in [0, 0.05) is 25.2 Å². The van der Waals surface area contributed by atoms with Crippen LogP contribution in [0.15, 0.2) is 18.2 Å². The Labute approximate surface area is 158 Å². The lowest BCUT2D eigenvalue weighted by Gasteiger charge is -2.39. The number of likely N-dealkylation sites (tertiary alicyclic amines) is 2. The zero-order valence-corrected chi connectivity index (χ0v) is 15.7. The second kappa shape index (κ2) is 7.45. The fourth-order valence-electron chi connectivity index (χ4n) is 4.28. The number of aliphatic carboxylic acids is 1. The van der Waals surface area contributed by atoms with Gasteiger partial charge in [-0.25, -0.2) is 0 Å². The molecular weight excluding hydrogens is 356 g/mol. The predicted octanol–water partition coefficient (Wildman–Crippen LogP) is 2.84. The summed E-state index contributed by atoms with van der Waals surface area (Å²) in [5.41, 5.74) is 0.452. The van der Waals surface area contributed by atoms with E-state index in [9.17, 15) is 19.8 Å². The Morgan fingerprint density at radius 3 is 2.58 bits per heavy atom. The monoisotopic (exact) mass is 380 g/mol. The van der Waals surface area contributed by atoms with Crippen molar-refractivity contribution in [1.82, 2.24) is 9.80 Å². The van der Waals surface area contributed by atoms with Gasteiger partial charge in [0.25, 0.3) is 5.91 Å². The van der Waals surface area contributed by atoms with Crippen molar-refractivity contribution in [2.75, 3.05) is 26.2 Å². The molecule has 1 spiro atoms. The second-order valence-electron chi connectivity index (χ2n) is 7.49. The zero-order valence-electron chi connectivity index (χ0n) is 14.9. The number of hydrogen-bond acceptors (Lipinski definition) is 4. The molecule has 1 atom stereocenters. The fourth-order valence-corrected chi connectivity index (χ4v) is 4.46. The van der Waals surface area contributed by atoms with Crippen LogP contribution in [-0.2, 0) is 4.79 Å². The Hall–Kier alpha value is -1.79. The number of carboxylic acids is 1. The Bertz CT molecular complexity index is 701. The van der Waals surface area contributed by atoms with Crippen LogP contribution >= 0.6 is 11.6 Å². The Kier molecular flexibility index (Phi) is 5.44. The van der Waals surface area contributed by atoms with E-state index in [1.807, 2.05) is 0 Å². The molecule has 3 rings (SSSR count). The van der Waals surface area contributed by atoms with Crippen LogP contribution in [0.4, 0.5) is 0 Å². The topological polar surface area (TPSA) is 81.1 Å². The number of benzene rings is 1. The molecule has 0 saturated carbocycles. The smallest absolute Gasteiger partial charge is 0.320 e. The molecule has 6 nitrogen and oxygen atoms in total. The number of carboxylic acid groups (broad SMARTS) is 1. The number of phenols is 1. The number of aromatic hydroxyl groups is 1. The number of hydrogen-bond donors (Lipinski definition) is 2. The van der Waals surface area contributed by atoms with E-state index in [-0.39, 0.29) is 22.1 Å². The first-order valence-corrected chi connectivity index (χ1v) is 9.48. The van der Waals surface area contributed by atoms with Gasteiger partial charge in [0.2, 0.25) is 0 Å². The molecule has 1 amide bonds. The summed E-state index contributed by atoms with van der Waals surface area (Å²) in [5, 5.41) is 19.2. The van der Waals surface area contributed by atoms with E-state index < -0.39 is 12.0 Å². The minimum Gasteiger partial charge on any atom is -0.506 e. The molecule has 2 fully saturated rings. The first-order valence-electron chi connectivity index (χ1n) is 9.10. The predicted molar refractivity (Wildman–Crippen MR) is 98.6 cm³/mol. The Balaban J connectivity index is 1.66. The lowest BCUT2D eigenvalue weighted by Crippen LogP contribution is -2.44. The van der Waals surface area contributed by atoms with Crippen molar-refractivity contribution in [3.8, 4) is 5.75 Å². The maximum atomic E-state index is 12.7. The van der Waals surface area contributed by atoms with Gasteiger partial charge in [0.1, 0.15) is 11.8 Å². The molecule has 1 aromatic carbocycles. The Morgan fingerprint density at radius 2 is 2.00 bits per heavy atom. The van der Waals surface area contributed by atoms with Gasteiger partial charge < -0.3 is 15.1 Å². The SMILES string of the molecule is CCCN1CC2(CCN(C(=O)c3ccc(O)c(Cl)c3)CC2)CC1C(=O)O. The molecule has 2 aliphatic heterocycles. The van der Waals surface area contributed by atoms with Gasteiger partial charge in [-0.1, -0.05) is 18.5 Å². The summed E-state index contributed by atoms with van der Waals surface area (Å²) in [6.07, 6.45) is 3.23. The third-order valence-corrected chi connectivity index (χ3v) is 6.01. The van der Waals surface area contributed by atoms with Crippen LogP contribution in [0, 0.1) is 5.41 Å². The highest BCUT2D eigenvalue weighted by atomic mass is 35.5. The van der Waals surface area contributed by atoms with Crippen molar-refractivity contribution in [3.63, 3.8) is 0 Å². The molecule has 26 heavy (non-hydrogen) atoms. The quantitative estimate of drug-likeness (QED) is 0.839.